The number of thiazole rings is 1. The highest BCUT2D eigenvalue weighted by Crippen LogP contribution is 2.36. The van der Waals surface area contributed by atoms with E-state index in [4.69, 9.17) is 11.6 Å². The molecule has 0 aliphatic heterocycles. The van der Waals surface area contributed by atoms with Gasteiger partial charge in [-0.25, -0.2) is 13.4 Å². The molecule has 0 saturated heterocycles. The maximum Gasteiger partial charge on any atom is 0.435 e. The lowest BCUT2D eigenvalue weighted by atomic mass is 10.3. The molecular formula is C11H8ClF6N3O2S2. The Labute approximate surface area is 146 Å². The highest BCUT2D eigenvalue weighted by molar-refractivity contribution is 7.90. The Kier molecular flexibility index (Phi) is 5.14. The van der Waals surface area contributed by atoms with Crippen LogP contribution < -0.4 is 0 Å². The Morgan fingerprint density at radius 1 is 1.16 bits per heavy atom. The molecule has 0 atom stereocenters. The highest BCUT2D eigenvalue weighted by atomic mass is 35.5. The minimum atomic E-state index is -4.93. The quantitative estimate of drug-likeness (QED) is 0.698. The van der Waals surface area contributed by atoms with Gasteiger partial charge in [0.25, 0.3) is 0 Å². The Hall–Kier alpha value is -1.34. The fourth-order valence-electron chi connectivity index (χ4n) is 1.87. The summed E-state index contributed by atoms with van der Waals surface area (Å²) in [5.41, 5.74) is -3.49. The molecule has 14 heteroatoms. The van der Waals surface area contributed by atoms with Crippen molar-refractivity contribution in [3.63, 3.8) is 0 Å². The largest absolute Gasteiger partial charge is 0.435 e. The van der Waals surface area contributed by atoms with Crippen LogP contribution in [-0.2, 0) is 40.7 Å². The molecule has 0 aromatic carbocycles. The van der Waals surface area contributed by atoms with E-state index in [1.807, 2.05) is 0 Å². The van der Waals surface area contributed by atoms with Crippen molar-refractivity contribution < 1.29 is 34.8 Å². The SMILES string of the molecule is Cn1nc(C(F)(F)F)c(CS(=O)(=O)Cc2nc(C(F)(F)F)cs2)c1Cl. The first-order valence-electron chi connectivity index (χ1n) is 6.21. The van der Waals surface area contributed by atoms with Crippen molar-refractivity contribution in [2.24, 2.45) is 7.05 Å². The lowest BCUT2D eigenvalue weighted by Crippen LogP contribution is -2.14. The van der Waals surface area contributed by atoms with Gasteiger partial charge < -0.3 is 0 Å². The van der Waals surface area contributed by atoms with E-state index in [1.54, 1.807) is 0 Å². The number of aryl methyl sites for hydroxylation is 1. The maximum atomic E-state index is 12.9. The summed E-state index contributed by atoms with van der Waals surface area (Å²) >= 11 is 6.11. The van der Waals surface area contributed by atoms with Crippen LogP contribution in [0.4, 0.5) is 26.3 Å². The summed E-state index contributed by atoms with van der Waals surface area (Å²) in [4.78, 5) is 3.15. The first kappa shape index (κ1) is 20.0. The Morgan fingerprint density at radius 2 is 1.76 bits per heavy atom. The van der Waals surface area contributed by atoms with E-state index >= 15 is 0 Å². The molecule has 2 aromatic heterocycles. The Bertz CT molecular complexity index is 885. The zero-order valence-electron chi connectivity index (χ0n) is 12.1. The van der Waals surface area contributed by atoms with Crippen LogP contribution in [0.25, 0.3) is 0 Å². The fraction of sp³-hybridized carbons (Fsp3) is 0.455. The van der Waals surface area contributed by atoms with Crippen molar-refractivity contribution in [1.29, 1.82) is 0 Å². The van der Waals surface area contributed by atoms with Gasteiger partial charge in [-0.15, -0.1) is 11.3 Å². The van der Waals surface area contributed by atoms with Crippen LogP contribution in [0.2, 0.25) is 5.15 Å². The van der Waals surface area contributed by atoms with Crippen molar-refractivity contribution >= 4 is 32.8 Å². The molecule has 0 aliphatic rings. The van der Waals surface area contributed by atoms with Crippen LogP contribution in [0, 0.1) is 0 Å². The van der Waals surface area contributed by atoms with Gasteiger partial charge in [0, 0.05) is 18.0 Å². The maximum absolute atomic E-state index is 12.9. The molecule has 0 fully saturated rings. The monoisotopic (exact) mass is 427 g/mol. The van der Waals surface area contributed by atoms with Gasteiger partial charge in [-0.05, 0) is 0 Å². The number of aromatic nitrogens is 3. The standard InChI is InChI=1S/C11H8ClF6N3O2S2/c1-21-9(12)5(8(20-21)11(16,17)18)3-25(22,23)4-7-19-6(2-24-7)10(13,14)15/h2H,3-4H2,1H3. The fourth-order valence-corrected chi connectivity index (χ4v) is 4.79. The second-order valence-electron chi connectivity index (χ2n) is 4.90. The minimum absolute atomic E-state index is 0.388. The van der Waals surface area contributed by atoms with Gasteiger partial charge in [-0.2, -0.15) is 31.4 Å². The summed E-state index contributed by atoms with van der Waals surface area (Å²) in [7, 11) is -3.17. The van der Waals surface area contributed by atoms with Gasteiger partial charge in [-0.1, -0.05) is 11.6 Å². The van der Waals surface area contributed by atoms with E-state index in [2.05, 4.69) is 10.1 Å². The summed E-state index contributed by atoms with van der Waals surface area (Å²) in [6.45, 7) is 0. The zero-order chi connectivity index (χ0) is 19.2. The number of hydrogen-bond donors (Lipinski definition) is 0. The van der Waals surface area contributed by atoms with Gasteiger partial charge in [0.1, 0.15) is 15.9 Å². The first-order valence-corrected chi connectivity index (χ1v) is 9.29. The van der Waals surface area contributed by atoms with E-state index in [0.29, 0.717) is 21.4 Å². The lowest BCUT2D eigenvalue weighted by molar-refractivity contribution is -0.142. The molecule has 2 aromatic rings. The average molecular weight is 428 g/mol. The predicted molar refractivity (Wildman–Crippen MR) is 76.7 cm³/mol. The molecular weight excluding hydrogens is 420 g/mol. The summed E-state index contributed by atoms with van der Waals surface area (Å²) in [5, 5.41) is 2.86. The van der Waals surface area contributed by atoms with Gasteiger partial charge in [-0.3, -0.25) is 4.68 Å². The van der Waals surface area contributed by atoms with Crippen LogP contribution >= 0.6 is 22.9 Å². The molecule has 25 heavy (non-hydrogen) atoms. The van der Waals surface area contributed by atoms with E-state index < -0.39 is 55.8 Å². The van der Waals surface area contributed by atoms with Crippen molar-refractivity contribution in [2.75, 3.05) is 0 Å². The molecule has 0 saturated carbocycles. The third-order valence-electron chi connectivity index (χ3n) is 2.89. The predicted octanol–water partition coefficient (Wildman–Crippen LogP) is 3.68. The van der Waals surface area contributed by atoms with Crippen molar-refractivity contribution in [3.05, 3.63) is 32.5 Å². The highest BCUT2D eigenvalue weighted by Gasteiger charge is 2.40. The van der Waals surface area contributed by atoms with Gasteiger partial charge in [0.05, 0.1) is 5.75 Å². The van der Waals surface area contributed by atoms with Gasteiger partial charge in [0.2, 0.25) is 0 Å². The second-order valence-corrected chi connectivity index (χ2v) is 8.26. The van der Waals surface area contributed by atoms with Crippen LogP contribution in [0.1, 0.15) is 22.0 Å². The molecule has 140 valence electrons. The number of halogens is 7. The molecule has 2 rings (SSSR count). The summed E-state index contributed by atoms with van der Waals surface area (Å²) < 4.78 is 101. The summed E-state index contributed by atoms with van der Waals surface area (Å²) in [6.07, 6.45) is -9.67. The molecule has 0 unspecified atom stereocenters. The summed E-state index contributed by atoms with van der Waals surface area (Å²) in [5.74, 6) is -2.08. The number of nitrogens with zero attached hydrogens (tertiary/aromatic N) is 3. The second kappa shape index (κ2) is 6.43. The van der Waals surface area contributed by atoms with E-state index in [0.717, 1.165) is 7.05 Å². The molecule has 0 bridgehead atoms. The van der Waals surface area contributed by atoms with Crippen molar-refractivity contribution in [1.82, 2.24) is 14.8 Å². The van der Waals surface area contributed by atoms with E-state index in [9.17, 15) is 34.8 Å². The van der Waals surface area contributed by atoms with Crippen LogP contribution in [0.5, 0.6) is 0 Å². The third-order valence-corrected chi connectivity index (χ3v) is 5.83. The van der Waals surface area contributed by atoms with Gasteiger partial charge >= 0.3 is 12.4 Å². The van der Waals surface area contributed by atoms with Crippen LogP contribution in [0.15, 0.2) is 5.38 Å². The number of rotatable bonds is 4. The zero-order valence-corrected chi connectivity index (χ0v) is 14.5. The molecule has 0 aliphatic carbocycles. The average Bonchev–Trinajstić information content (AvgIpc) is 2.97. The smallest absolute Gasteiger partial charge is 0.256 e. The molecule has 0 radical (unpaired) electrons. The Balaban J connectivity index is 2.30. The molecule has 0 N–H and O–H groups in total. The third kappa shape index (κ3) is 4.64. The van der Waals surface area contributed by atoms with Crippen molar-refractivity contribution in [2.45, 2.75) is 23.9 Å². The van der Waals surface area contributed by atoms with Crippen LogP contribution in [-0.4, -0.2) is 23.2 Å². The van der Waals surface area contributed by atoms with Crippen molar-refractivity contribution in [3.8, 4) is 0 Å². The van der Waals surface area contributed by atoms with Crippen LogP contribution in [0.3, 0.4) is 0 Å². The number of hydrogen-bond acceptors (Lipinski definition) is 5. The molecule has 0 amide bonds. The number of sulfone groups is 1. The number of alkyl halides is 6. The van der Waals surface area contributed by atoms with Gasteiger partial charge in [0.15, 0.2) is 21.2 Å². The molecule has 0 spiro atoms. The van der Waals surface area contributed by atoms with E-state index in [1.165, 1.54) is 0 Å². The van der Waals surface area contributed by atoms with E-state index in [-0.39, 0.29) is 5.01 Å². The first-order chi connectivity index (χ1) is 11.2. The summed E-state index contributed by atoms with van der Waals surface area (Å²) in [6, 6.07) is 0. The lowest BCUT2D eigenvalue weighted by Gasteiger charge is -2.07. The topological polar surface area (TPSA) is 64.8 Å². The molecule has 2 heterocycles. The normalized spacial score (nSPS) is 13.4. The molecule has 5 nitrogen and oxygen atoms in total. The Morgan fingerprint density at radius 3 is 2.24 bits per heavy atom. The minimum Gasteiger partial charge on any atom is -0.256 e.